The van der Waals surface area contributed by atoms with Crippen LogP contribution in [0.25, 0.3) is 15.7 Å². The summed E-state index contributed by atoms with van der Waals surface area (Å²) >= 11 is 0. The molecule has 98 valence electrons. The van der Waals surface area contributed by atoms with Crippen molar-refractivity contribution in [1.29, 1.82) is 0 Å². The maximum Gasteiger partial charge on any atom is 0.230 e. The van der Waals surface area contributed by atoms with Gasteiger partial charge < -0.3 is 5.32 Å². The smallest absolute Gasteiger partial charge is 0.230 e. The van der Waals surface area contributed by atoms with Crippen LogP contribution in [0.1, 0.15) is 30.2 Å². The van der Waals surface area contributed by atoms with Gasteiger partial charge in [-0.25, -0.2) is 4.85 Å². The Morgan fingerprint density at radius 3 is 2.63 bits per heavy atom. The van der Waals surface area contributed by atoms with Gasteiger partial charge >= 0.3 is 0 Å². The van der Waals surface area contributed by atoms with Gasteiger partial charge in [-0.15, -0.1) is 0 Å². The number of fused-ring (bicyclic) bond motifs is 1. The van der Waals surface area contributed by atoms with Crippen molar-refractivity contribution < 1.29 is 0 Å². The molecule has 0 aliphatic heterocycles. The summed E-state index contributed by atoms with van der Waals surface area (Å²) in [5.74, 6) is 0. The molecule has 19 heavy (non-hydrogen) atoms. The fraction of sp³-hybridized carbons (Fsp3) is 0.375. The summed E-state index contributed by atoms with van der Waals surface area (Å²) in [7, 11) is 1.86. The van der Waals surface area contributed by atoms with Crippen LogP contribution in [-0.4, -0.2) is 12.0 Å². The highest BCUT2D eigenvalue weighted by Gasteiger charge is 2.13. The van der Waals surface area contributed by atoms with Gasteiger partial charge in [0, 0.05) is 18.1 Å². The first-order valence-corrected chi connectivity index (χ1v) is 6.61. The fourth-order valence-corrected chi connectivity index (χ4v) is 2.50. The van der Waals surface area contributed by atoms with Crippen LogP contribution in [0, 0.1) is 20.4 Å². The lowest BCUT2D eigenvalue weighted by atomic mass is 9.99. The van der Waals surface area contributed by atoms with Crippen molar-refractivity contribution >= 4 is 22.3 Å². The first-order valence-electron chi connectivity index (χ1n) is 6.61. The highest BCUT2D eigenvalue weighted by atomic mass is 14.9. The maximum atomic E-state index is 7.33. The zero-order chi connectivity index (χ0) is 14.0. The van der Waals surface area contributed by atoms with Gasteiger partial charge in [0.05, 0.1) is 17.8 Å². The molecule has 0 spiro atoms. The molecule has 2 rings (SSSR count). The SMILES string of the molecule is [C-]#[N+]c1c(C)nc2cc(C)c(CCC)cc2c1NC. The molecule has 1 aromatic carbocycles. The van der Waals surface area contributed by atoms with E-state index >= 15 is 0 Å². The van der Waals surface area contributed by atoms with Crippen molar-refractivity contribution in [2.75, 3.05) is 12.4 Å². The van der Waals surface area contributed by atoms with Gasteiger partial charge in [0.1, 0.15) is 0 Å². The zero-order valence-electron chi connectivity index (χ0n) is 12.0. The lowest BCUT2D eigenvalue weighted by Crippen LogP contribution is -1.97. The molecule has 1 heterocycles. The number of aryl methyl sites for hydroxylation is 3. The van der Waals surface area contributed by atoms with E-state index in [4.69, 9.17) is 6.57 Å². The van der Waals surface area contributed by atoms with Gasteiger partial charge in [0.2, 0.25) is 5.69 Å². The number of nitrogens with one attached hydrogen (secondary N) is 1. The minimum atomic E-state index is 0.626. The van der Waals surface area contributed by atoms with E-state index < -0.39 is 0 Å². The Kier molecular flexibility index (Phi) is 3.71. The van der Waals surface area contributed by atoms with Crippen molar-refractivity contribution in [3.05, 3.63) is 40.4 Å². The van der Waals surface area contributed by atoms with Crippen LogP contribution in [0.4, 0.5) is 11.4 Å². The molecule has 1 aromatic heterocycles. The molecule has 0 saturated carbocycles. The van der Waals surface area contributed by atoms with E-state index in [-0.39, 0.29) is 0 Å². The van der Waals surface area contributed by atoms with Gasteiger partial charge in [0.15, 0.2) is 0 Å². The molecule has 3 heteroatoms. The van der Waals surface area contributed by atoms with E-state index in [0.717, 1.165) is 35.1 Å². The monoisotopic (exact) mass is 253 g/mol. The Morgan fingerprint density at radius 2 is 2.05 bits per heavy atom. The molecule has 0 atom stereocenters. The Morgan fingerprint density at radius 1 is 1.32 bits per heavy atom. The van der Waals surface area contributed by atoms with E-state index in [1.165, 1.54) is 11.1 Å². The van der Waals surface area contributed by atoms with E-state index in [1.54, 1.807) is 0 Å². The molecule has 0 unspecified atom stereocenters. The quantitative estimate of drug-likeness (QED) is 0.822. The molecule has 0 saturated heterocycles. The minimum absolute atomic E-state index is 0.626. The van der Waals surface area contributed by atoms with Crippen LogP contribution in [0.15, 0.2) is 12.1 Å². The first-order chi connectivity index (χ1) is 9.12. The van der Waals surface area contributed by atoms with Gasteiger partial charge in [-0.3, -0.25) is 4.98 Å². The number of anilines is 1. The number of hydrogen-bond acceptors (Lipinski definition) is 2. The summed E-state index contributed by atoms with van der Waals surface area (Å²) in [5, 5.41) is 4.21. The van der Waals surface area contributed by atoms with Gasteiger partial charge in [0.25, 0.3) is 0 Å². The van der Waals surface area contributed by atoms with Crippen LogP contribution >= 0.6 is 0 Å². The molecule has 0 amide bonds. The van der Waals surface area contributed by atoms with E-state index in [9.17, 15) is 0 Å². The predicted octanol–water partition coefficient (Wildman–Crippen LogP) is 4.40. The predicted molar refractivity (Wildman–Crippen MR) is 81.0 cm³/mol. The molecule has 2 aromatic rings. The number of rotatable bonds is 3. The lowest BCUT2D eigenvalue weighted by molar-refractivity contribution is 0.914. The topological polar surface area (TPSA) is 29.3 Å². The van der Waals surface area contributed by atoms with Gasteiger partial charge in [-0.05, 0) is 43.5 Å². The maximum absolute atomic E-state index is 7.33. The second-order valence-corrected chi connectivity index (χ2v) is 4.83. The largest absolute Gasteiger partial charge is 0.396 e. The summed E-state index contributed by atoms with van der Waals surface area (Å²) in [4.78, 5) is 8.18. The van der Waals surface area contributed by atoms with Crippen LogP contribution in [0.3, 0.4) is 0 Å². The van der Waals surface area contributed by atoms with Crippen molar-refractivity contribution in [2.24, 2.45) is 0 Å². The normalized spacial score (nSPS) is 10.5. The standard InChI is InChI=1S/C16H19N3/c1-6-7-12-9-13-14(8-10(12)2)19-11(3)15(17-4)16(13)18-5/h8-9H,6-7H2,1-3,5H3,(H,18,19). The minimum Gasteiger partial charge on any atom is -0.396 e. The fourth-order valence-electron chi connectivity index (χ4n) is 2.50. The Hall–Kier alpha value is -2.08. The molecule has 0 radical (unpaired) electrons. The van der Waals surface area contributed by atoms with E-state index in [0.29, 0.717) is 5.69 Å². The molecule has 3 nitrogen and oxygen atoms in total. The summed E-state index contributed by atoms with van der Waals surface area (Å²) in [5.41, 5.74) is 5.89. The average molecular weight is 253 g/mol. The summed E-state index contributed by atoms with van der Waals surface area (Å²) in [6, 6.07) is 4.31. The highest BCUT2D eigenvalue weighted by Crippen LogP contribution is 2.36. The van der Waals surface area contributed by atoms with Crippen molar-refractivity contribution in [3.8, 4) is 0 Å². The molecule has 0 aliphatic carbocycles. The third kappa shape index (κ3) is 2.26. The molecule has 0 bridgehead atoms. The number of hydrogen-bond donors (Lipinski definition) is 1. The lowest BCUT2D eigenvalue weighted by Gasteiger charge is -2.13. The number of nitrogens with zero attached hydrogens (tertiary/aromatic N) is 2. The van der Waals surface area contributed by atoms with Crippen LogP contribution in [0.2, 0.25) is 0 Å². The average Bonchev–Trinajstić information content (AvgIpc) is 2.39. The molecule has 1 N–H and O–H groups in total. The van der Waals surface area contributed by atoms with E-state index in [1.807, 2.05) is 14.0 Å². The molecule has 0 fully saturated rings. The second-order valence-electron chi connectivity index (χ2n) is 4.83. The molecular formula is C16H19N3. The van der Waals surface area contributed by atoms with Crippen LogP contribution in [-0.2, 0) is 6.42 Å². The van der Waals surface area contributed by atoms with E-state index in [2.05, 4.69) is 41.1 Å². The summed E-state index contributed by atoms with van der Waals surface area (Å²) in [6.07, 6.45) is 2.18. The molecule has 0 aliphatic rings. The second kappa shape index (κ2) is 5.27. The van der Waals surface area contributed by atoms with Crippen LogP contribution < -0.4 is 5.32 Å². The molecular weight excluding hydrogens is 234 g/mol. The number of benzene rings is 1. The Bertz CT molecular complexity index is 666. The Balaban J connectivity index is 2.82. The summed E-state index contributed by atoms with van der Waals surface area (Å²) < 4.78 is 0. The zero-order valence-corrected chi connectivity index (χ0v) is 12.0. The number of pyridine rings is 1. The van der Waals surface area contributed by atoms with Crippen molar-refractivity contribution in [3.63, 3.8) is 0 Å². The summed E-state index contributed by atoms with van der Waals surface area (Å²) in [6.45, 7) is 13.5. The number of aromatic nitrogens is 1. The van der Waals surface area contributed by atoms with Crippen molar-refractivity contribution in [2.45, 2.75) is 33.6 Å². The Labute approximate surface area is 114 Å². The van der Waals surface area contributed by atoms with Gasteiger partial charge in [-0.1, -0.05) is 13.3 Å². The van der Waals surface area contributed by atoms with Crippen LogP contribution in [0.5, 0.6) is 0 Å². The van der Waals surface area contributed by atoms with Gasteiger partial charge in [-0.2, -0.15) is 0 Å². The third-order valence-electron chi connectivity index (χ3n) is 3.47. The third-order valence-corrected chi connectivity index (χ3v) is 3.47. The highest BCUT2D eigenvalue weighted by molar-refractivity contribution is 5.99. The van der Waals surface area contributed by atoms with Crippen molar-refractivity contribution in [1.82, 2.24) is 4.98 Å². The first kappa shape index (κ1) is 13.4.